The standard InChI is InChI=1S/C24H25ClN4S/c1-4-16-12-20-21(19-8-6-15(3)27-19)22(17-7-5-14(2)11-18(17)25)28-23(29(20)13-16)24-26-9-10-30-24/h5-11,15-16,22H,4,12-13H2,1-3H3/t15?,16-,22-/m0/s1. The summed E-state index contributed by atoms with van der Waals surface area (Å²) in [5.41, 5.74) is 5.77. The summed E-state index contributed by atoms with van der Waals surface area (Å²) in [6.07, 6.45) is 8.36. The van der Waals surface area contributed by atoms with Gasteiger partial charge in [0.1, 0.15) is 6.04 Å². The number of aryl methyl sites for hydroxylation is 1. The summed E-state index contributed by atoms with van der Waals surface area (Å²) in [4.78, 5) is 17.2. The zero-order chi connectivity index (χ0) is 20.8. The molecule has 0 aliphatic carbocycles. The van der Waals surface area contributed by atoms with Crippen LogP contribution in [0.3, 0.4) is 0 Å². The molecule has 1 fully saturated rings. The maximum absolute atomic E-state index is 6.76. The summed E-state index contributed by atoms with van der Waals surface area (Å²) in [6, 6.07) is 6.29. The Hall–Kier alpha value is -2.24. The molecule has 1 aromatic carbocycles. The van der Waals surface area contributed by atoms with Crippen LogP contribution in [-0.2, 0) is 0 Å². The maximum atomic E-state index is 6.76. The fourth-order valence-electron chi connectivity index (χ4n) is 4.54. The molecule has 0 saturated carbocycles. The third-order valence-corrected chi connectivity index (χ3v) is 7.24. The van der Waals surface area contributed by atoms with Gasteiger partial charge in [-0.3, -0.25) is 9.98 Å². The molecular weight excluding hydrogens is 412 g/mol. The van der Waals surface area contributed by atoms with Gasteiger partial charge in [-0.15, -0.1) is 11.3 Å². The van der Waals surface area contributed by atoms with Gasteiger partial charge in [-0.25, -0.2) is 4.98 Å². The molecule has 1 saturated heterocycles. The number of aromatic nitrogens is 1. The van der Waals surface area contributed by atoms with Gasteiger partial charge in [-0.1, -0.05) is 43.2 Å². The largest absolute Gasteiger partial charge is 0.327 e. The highest BCUT2D eigenvalue weighted by Gasteiger charge is 2.40. The van der Waals surface area contributed by atoms with Crippen LogP contribution in [0.25, 0.3) is 0 Å². The van der Waals surface area contributed by atoms with Crippen LogP contribution in [0, 0.1) is 12.8 Å². The van der Waals surface area contributed by atoms with E-state index in [2.05, 4.69) is 54.9 Å². The molecule has 0 N–H and O–H groups in total. The minimum Gasteiger partial charge on any atom is -0.327 e. The Balaban J connectivity index is 1.73. The molecule has 1 aromatic heterocycles. The lowest BCUT2D eigenvalue weighted by Gasteiger charge is -2.33. The maximum Gasteiger partial charge on any atom is 0.165 e. The van der Waals surface area contributed by atoms with E-state index in [1.165, 1.54) is 11.3 Å². The molecule has 2 aromatic rings. The summed E-state index contributed by atoms with van der Waals surface area (Å²) < 4.78 is 0. The van der Waals surface area contributed by atoms with Crippen LogP contribution in [0.15, 0.2) is 63.2 Å². The minimum atomic E-state index is -0.174. The van der Waals surface area contributed by atoms with E-state index < -0.39 is 0 Å². The van der Waals surface area contributed by atoms with Crippen molar-refractivity contribution in [2.45, 2.75) is 45.7 Å². The Bertz CT molecular complexity index is 1100. The van der Waals surface area contributed by atoms with E-state index in [1.54, 1.807) is 11.3 Å². The number of hydrogen-bond acceptors (Lipinski definition) is 5. The summed E-state index contributed by atoms with van der Waals surface area (Å²) in [6.45, 7) is 7.44. The van der Waals surface area contributed by atoms with Gasteiger partial charge in [-0.05, 0) is 49.5 Å². The fraction of sp³-hybridized carbons (Fsp3) is 0.375. The number of nitrogens with zero attached hydrogens (tertiary/aromatic N) is 4. The van der Waals surface area contributed by atoms with E-state index in [4.69, 9.17) is 21.6 Å². The van der Waals surface area contributed by atoms with E-state index in [-0.39, 0.29) is 12.1 Å². The van der Waals surface area contributed by atoms with Crippen LogP contribution in [0.1, 0.15) is 48.9 Å². The third-order valence-electron chi connectivity index (χ3n) is 6.14. The van der Waals surface area contributed by atoms with Gasteiger partial charge in [0.15, 0.2) is 10.8 Å². The van der Waals surface area contributed by atoms with Crippen LogP contribution in [-0.4, -0.2) is 34.0 Å². The zero-order valence-corrected chi connectivity index (χ0v) is 19.0. The molecule has 0 amide bonds. The highest BCUT2D eigenvalue weighted by molar-refractivity contribution is 7.11. The number of allylic oxidation sites excluding steroid dienone is 2. The van der Waals surface area contributed by atoms with Gasteiger partial charge < -0.3 is 4.90 Å². The van der Waals surface area contributed by atoms with Gasteiger partial charge in [0, 0.05) is 34.4 Å². The zero-order valence-electron chi connectivity index (χ0n) is 17.5. The van der Waals surface area contributed by atoms with Crippen molar-refractivity contribution in [1.29, 1.82) is 0 Å². The molecule has 30 heavy (non-hydrogen) atoms. The predicted molar refractivity (Wildman–Crippen MR) is 126 cm³/mol. The van der Waals surface area contributed by atoms with Crippen LogP contribution in [0.4, 0.5) is 0 Å². The molecule has 4 nitrogen and oxygen atoms in total. The van der Waals surface area contributed by atoms with Crippen LogP contribution in [0.2, 0.25) is 5.02 Å². The van der Waals surface area contributed by atoms with Crippen molar-refractivity contribution in [3.63, 3.8) is 0 Å². The highest BCUT2D eigenvalue weighted by atomic mass is 35.5. The number of aliphatic imine (C=N–C) groups is 2. The van der Waals surface area contributed by atoms with Crippen LogP contribution < -0.4 is 0 Å². The molecule has 0 bridgehead atoms. The molecule has 3 aliphatic heterocycles. The van der Waals surface area contributed by atoms with E-state index in [0.29, 0.717) is 5.92 Å². The molecule has 5 rings (SSSR count). The van der Waals surface area contributed by atoms with Gasteiger partial charge in [-0.2, -0.15) is 0 Å². The first kappa shape index (κ1) is 19.7. The molecule has 6 heteroatoms. The van der Waals surface area contributed by atoms with Crippen LogP contribution in [0.5, 0.6) is 0 Å². The summed E-state index contributed by atoms with van der Waals surface area (Å²) >= 11 is 8.40. The monoisotopic (exact) mass is 436 g/mol. The first-order valence-electron chi connectivity index (χ1n) is 10.6. The third kappa shape index (κ3) is 3.34. The molecule has 1 unspecified atom stereocenters. The first-order chi connectivity index (χ1) is 14.5. The van der Waals surface area contributed by atoms with Gasteiger partial charge >= 0.3 is 0 Å². The highest BCUT2D eigenvalue weighted by Crippen LogP contribution is 2.45. The molecule has 154 valence electrons. The second kappa shape index (κ2) is 7.78. The van der Waals surface area contributed by atoms with E-state index in [0.717, 1.165) is 52.1 Å². The molecule has 3 atom stereocenters. The number of thiazole rings is 1. The summed E-state index contributed by atoms with van der Waals surface area (Å²) in [5.74, 6) is 1.58. The number of fused-ring (bicyclic) bond motifs is 1. The number of hydrogen-bond donors (Lipinski definition) is 0. The second-order valence-corrected chi connectivity index (χ2v) is 9.58. The Kier molecular flexibility index (Phi) is 5.11. The van der Waals surface area contributed by atoms with Gasteiger partial charge in [0.2, 0.25) is 0 Å². The molecule has 0 radical (unpaired) electrons. The SMILES string of the molecule is CC[C@H]1CC2=C(C3=NC(C)C=C3)[C@H](c3ccc(C)cc3Cl)N=C(c3nccs3)N2C1. The average molecular weight is 437 g/mol. The summed E-state index contributed by atoms with van der Waals surface area (Å²) in [5, 5.41) is 3.74. The first-order valence-corrected chi connectivity index (χ1v) is 11.8. The smallest absolute Gasteiger partial charge is 0.165 e. The lowest BCUT2D eigenvalue weighted by atomic mass is 9.90. The van der Waals surface area contributed by atoms with Crippen molar-refractivity contribution in [1.82, 2.24) is 9.88 Å². The van der Waals surface area contributed by atoms with Crippen molar-refractivity contribution in [3.05, 3.63) is 74.4 Å². The lowest BCUT2D eigenvalue weighted by Crippen LogP contribution is -2.35. The lowest BCUT2D eigenvalue weighted by molar-refractivity contribution is 0.481. The summed E-state index contributed by atoms with van der Waals surface area (Å²) in [7, 11) is 0. The average Bonchev–Trinajstić information content (AvgIpc) is 3.47. The van der Waals surface area contributed by atoms with Gasteiger partial charge in [0.05, 0.1) is 11.8 Å². The Morgan fingerprint density at radius 3 is 2.80 bits per heavy atom. The number of amidine groups is 1. The van der Waals surface area contributed by atoms with Crippen molar-refractivity contribution >= 4 is 34.5 Å². The topological polar surface area (TPSA) is 40.9 Å². The number of rotatable bonds is 4. The number of benzene rings is 1. The fourth-order valence-corrected chi connectivity index (χ4v) is 5.52. The minimum absolute atomic E-state index is 0.174. The van der Waals surface area contributed by atoms with Gasteiger partial charge in [0.25, 0.3) is 0 Å². The van der Waals surface area contributed by atoms with Crippen LogP contribution >= 0.6 is 22.9 Å². The van der Waals surface area contributed by atoms with E-state index in [1.807, 2.05) is 17.6 Å². The quantitative estimate of drug-likeness (QED) is 0.590. The van der Waals surface area contributed by atoms with Crippen molar-refractivity contribution < 1.29 is 0 Å². The van der Waals surface area contributed by atoms with Crippen molar-refractivity contribution in [3.8, 4) is 0 Å². The van der Waals surface area contributed by atoms with E-state index in [9.17, 15) is 0 Å². The van der Waals surface area contributed by atoms with E-state index >= 15 is 0 Å². The molecular formula is C24H25ClN4S. The second-order valence-electron chi connectivity index (χ2n) is 8.28. The Morgan fingerprint density at radius 1 is 1.27 bits per heavy atom. The Labute approximate surface area is 186 Å². The van der Waals surface area contributed by atoms with Crippen molar-refractivity contribution in [2.75, 3.05) is 6.54 Å². The molecule has 0 spiro atoms. The Morgan fingerprint density at radius 2 is 2.13 bits per heavy atom. The number of halogens is 1. The molecule has 4 heterocycles. The normalized spacial score (nSPS) is 25.6. The van der Waals surface area contributed by atoms with Crippen molar-refractivity contribution in [2.24, 2.45) is 15.9 Å². The molecule has 3 aliphatic rings. The predicted octanol–water partition coefficient (Wildman–Crippen LogP) is 5.99.